The summed E-state index contributed by atoms with van der Waals surface area (Å²) < 4.78 is 0. The molecule has 1 aromatic carbocycles. The van der Waals surface area contributed by atoms with E-state index in [1.54, 1.807) is 29.2 Å². The van der Waals surface area contributed by atoms with Crippen LogP contribution < -0.4 is 10.2 Å². The van der Waals surface area contributed by atoms with Gasteiger partial charge in [-0.1, -0.05) is 31.4 Å². The van der Waals surface area contributed by atoms with E-state index in [1.807, 2.05) is 13.0 Å². The van der Waals surface area contributed by atoms with Gasteiger partial charge >= 0.3 is 0 Å². The molecule has 2 fully saturated rings. The number of piperazine rings is 1. The number of carbonyl (C=O) groups is 3. The van der Waals surface area contributed by atoms with Crippen LogP contribution in [0.2, 0.25) is 0 Å². The molecule has 0 spiro atoms. The summed E-state index contributed by atoms with van der Waals surface area (Å²) in [5.41, 5.74) is 1.64. The van der Waals surface area contributed by atoms with E-state index in [1.165, 1.54) is 19.3 Å². The number of rotatable bonds is 5. The Balaban J connectivity index is 1.18. The van der Waals surface area contributed by atoms with Crippen LogP contribution in [0.3, 0.4) is 0 Å². The highest BCUT2D eigenvalue weighted by Crippen LogP contribution is 2.24. The van der Waals surface area contributed by atoms with Crippen LogP contribution in [0.15, 0.2) is 30.3 Å². The summed E-state index contributed by atoms with van der Waals surface area (Å²) in [7, 11) is 0. The third kappa shape index (κ3) is 4.47. The van der Waals surface area contributed by atoms with Gasteiger partial charge < -0.3 is 15.1 Å². The van der Waals surface area contributed by atoms with Crippen LogP contribution in [-0.2, 0) is 4.79 Å². The van der Waals surface area contributed by atoms with E-state index in [0.717, 1.165) is 29.3 Å². The molecule has 2 aliphatic heterocycles. The lowest BCUT2D eigenvalue weighted by molar-refractivity contribution is -0.131. The molecule has 3 aliphatic rings. The van der Waals surface area contributed by atoms with Crippen molar-refractivity contribution in [2.45, 2.75) is 45.1 Å². The van der Waals surface area contributed by atoms with Gasteiger partial charge in [-0.15, -0.1) is 0 Å². The average molecular weight is 463 g/mol. The first-order valence-corrected chi connectivity index (χ1v) is 12.1. The van der Waals surface area contributed by atoms with Crippen molar-refractivity contribution in [2.24, 2.45) is 0 Å². The smallest absolute Gasteiger partial charge is 0.262 e. The van der Waals surface area contributed by atoms with Crippen molar-refractivity contribution in [1.82, 2.24) is 19.8 Å². The molecule has 0 bridgehead atoms. The van der Waals surface area contributed by atoms with Gasteiger partial charge in [0, 0.05) is 44.0 Å². The van der Waals surface area contributed by atoms with Crippen molar-refractivity contribution >= 4 is 29.5 Å². The Morgan fingerprint density at radius 3 is 2.26 bits per heavy atom. The number of anilines is 2. The number of fused-ring (bicyclic) bond motifs is 1. The van der Waals surface area contributed by atoms with Gasteiger partial charge in [0.05, 0.1) is 11.1 Å². The second-order valence-electron chi connectivity index (χ2n) is 9.28. The van der Waals surface area contributed by atoms with Gasteiger partial charge in [-0.05, 0) is 31.9 Å². The minimum Gasteiger partial charge on any atom is -0.353 e. The van der Waals surface area contributed by atoms with Crippen LogP contribution in [0.5, 0.6) is 0 Å². The van der Waals surface area contributed by atoms with Crippen molar-refractivity contribution in [2.75, 3.05) is 42.9 Å². The van der Waals surface area contributed by atoms with Gasteiger partial charge in [0.25, 0.3) is 11.8 Å². The number of aromatic nitrogens is 2. The third-order valence-electron chi connectivity index (χ3n) is 6.91. The van der Waals surface area contributed by atoms with Crippen LogP contribution in [-0.4, -0.2) is 76.3 Å². The lowest BCUT2D eigenvalue weighted by Crippen LogP contribution is -2.52. The lowest BCUT2D eigenvalue weighted by Gasteiger charge is -2.36. The van der Waals surface area contributed by atoms with Gasteiger partial charge in [-0.3, -0.25) is 19.3 Å². The molecule has 1 aliphatic carbocycles. The van der Waals surface area contributed by atoms with Crippen molar-refractivity contribution in [3.05, 3.63) is 47.2 Å². The monoisotopic (exact) mass is 462 g/mol. The van der Waals surface area contributed by atoms with Crippen LogP contribution in [0.1, 0.15) is 58.5 Å². The SMILES string of the molecule is Cc1cc(N2CCN(C(=O)CN3C(=O)c4ccccc4C3=O)CC2)nc(NC2CCCCC2)n1. The van der Waals surface area contributed by atoms with E-state index in [2.05, 4.69) is 15.2 Å². The van der Waals surface area contributed by atoms with Crippen molar-refractivity contribution in [1.29, 1.82) is 0 Å². The van der Waals surface area contributed by atoms with Crippen molar-refractivity contribution in [3.8, 4) is 0 Å². The third-order valence-corrected chi connectivity index (χ3v) is 6.91. The second kappa shape index (κ2) is 9.40. The number of aryl methyl sites for hydroxylation is 1. The minimum absolute atomic E-state index is 0.215. The molecule has 0 atom stereocenters. The maximum atomic E-state index is 12.9. The zero-order valence-electron chi connectivity index (χ0n) is 19.5. The summed E-state index contributed by atoms with van der Waals surface area (Å²) in [5.74, 6) is 0.515. The number of hydrogen-bond acceptors (Lipinski definition) is 7. The summed E-state index contributed by atoms with van der Waals surface area (Å²) in [4.78, 5) is 52.3. The lowest BCUT2D eigenvalue weighted by atomic mass is 9.96. The zero-order chi connectivity index (χ0) is 23.7. The highest BCUT2D eigenvalue weighted by molar-refractivity contribution is 6.22. The van der Waals surface area contributed by atoms with E-state index in [4.69, 9.17) is 4.98 Å². The molecule has 3 heterocycles. The summed E-state index contributed by atoms with van der Waals surface area (Å²) in [6, 6.07) is 9.10. The molecule has 9 heteroatoms. The number of carbonyl (C=O) groups excluding carboxylic acids is 3. The van der Waals surface area contributed by atoms with Crippen LogP contribution in [0.25, 0.3) is 0 Å². The quantitative estimate of drug-likeness (QED) is 0.682. The number of imide groups is 1. The largest absolute Gasteiger partial charge is 0.353 e. The summed E-state index contributed by atoms with van der Waals surface area (Å²) >= 11 is 0. The maximum absolute atomic E-state index is 12.9. The van der Waals surface area contributed by atoms with Gasteiger partial charge in [0.2, 0.25) is 11.9 Å². The summed E-state index contributed by atoms with van der Waals surface area (Å²) in [6.45, 7) is 4.03. The molecule has 34 heavy (non-hydrogen) atoms. The molecule has 0 unspecified atom stereocenters. The van der Waals surface area contributed by atoms with Crippen LogP contribution in [0.4, 0.5) is 11.8 Å². The molecular formula is C25H30N6O3. The number of nitrogens with zero attached hydrogens (tertiary/aromatic N) is 5. The number of hydrogen-bond donors (Lipinski definition) is 1. The Bertz CT molecular complexity index is 1070. The van der Waals surface area contributed by atoms with E-state index in [0.29, 0.717) is 49.3 Å². The molecule has 178 valence electrons. The highest BCUT2D eigenvalue weighted by Gasteiger charge is 2.37. The first-order valence-electron chi connectivity index (χ1n) is 12.1. The predicted octanol–water partition coefficient (Wildman–Crippen LogP) is 2.47. The molecule has 1 saturated heterocycles. The second-order valence-corrected chi connectivity index (χ2v) is 9.28. The molecule has 1 aromatic heterocycles. The Morgan fingerprint density at radius 2 is 1.62 bits per heavy atom. The minimum atomic E-state index is -0.401. The molecule has 3 amide bonds. The maximum Gasteiger partial charge on any atom is 0.262 e. The van der Waals surface area contributed by atoms with E-state index >= 15 is 0 Å². The molecule has 0 radical (unpaired) electrons. The molecule has 5 rings (SSSR count). The van der Waals surface area contributed by atoms with E-state index < -0.39 is 11.8 Å². The zero-order valence-corrected chi connectivity index (χ0v) is 19.5. The first-order chi connectivity index (χ1) is 16.5. The standard InChI is InChI=1S/C25H30N6O3/c1-17-15-21(28-25(26-17)27-18-7-3-2-4-8-18)29-11-13-30(14-12-29)22(32)16-31-23(33)19-9-5-6-10-20(19)24(31)34/h5-6,9-10,15,18H,2-4,7-8,11-14,16H2,1H3,(H,26,27,28). The van der Waals surface area contributed by atoms with Crippen molar-refractivity contribution < 1.29 is 14.4 Å². The van der Waals surface area contributed by atoms with Gasteiger partial charge in [0.1, 0.15) is 12.4 Å². The number of amides is 3. The molecular weight excluding hydrogens is 432 g/mol. The predicted molar refractivity (Wildman–Crippen MR) is 128 cm³/mol. The fourth-order valence-electron chi connectivity index (χ4n) is 5.01. The number of nitrogens with one attached hydrogen (secondary N) is 1. The van der Waals surface area contributed by atoms with Gasteiger partial charge in [-0.2, -0.15) is 4.98 Å². The van der Waals surface area contributed by atoms with Crippen LogP contribution >= 0.6 is 0 Å². The highest BCUT2D eigenvalue weighted by atomic mass is 16.2. The Hall–Kier alpha value is -3.49. The number of benzene rings is 1. The van der Waals surface area contributed by atoms with Crippen molar-refractivity contribution in [3.63, 3.8) is 0 Å². The Morgan fingerprint density at radius 1 is 0.971 bits per heavy atom. The fourth-order valence-corrected chi connectivity index (χ4v) is 5.01. The van der Waals surface area contributed by atoms with E-state index in [9.17, 15) is 14.4 Å². The first kappa shape index (κ1) is 22.3. The van der Waals surface area contributed by atoms with Gasteiger partial charge in [-0.25, -0.2) is 4.98 Å². The summed E-state index contributed by atoms with van der Waals surface area (Å²) in [5, 5.41) is 3.50. The summed E-state index contributed by atoms with van der Waals surface area (Å²) in [6.07, 6.45) is 6.09. The van der Waals surface area contributed by atoms with Crippen LogP contribution in [0, 0.1) is 6.92 Å². The normalized spacial score (nSPS) is 18.9. The molecule has 1 N–H and O–H groups in total. The molecule has 2 aromatic rings. The topological polar surface area (TPSA) is 98.7 Å². The van der Waals surface area contributed by atoms with E-state index in [-0.39, 0.29) is 12.5 Å². The fraction of sp³-hybridized carbons (Fsp3) is 0.480. The average Bonchev–Trinajstić information content (AvgIpc) is 3.09. The molecule has 9 nitrogen and oxygen atoms in total. The molecule has 1 saturated carbocycles. The van der Waals surface area contributed by atoms with Gasteiger partial charge in [0.15, 0.2) is 0 Å². The Kier molecular flexibility index (Phi) is 6.17. The Labute approximate surface area is 199 Å².